The first-order valence-corrected chi connectivity index (χ1v) is 8.01. The monoisotopic (exact) mass is 316 g/mol. The maximum Gasteiger partial charge on any atom is 0.307 e. The number of hydrogen-bond donors (Lipinski definition) is 1. The number of hydrogen-bond acceptors (Lipinski definition) is 1. The van der Waals surface area contributed by atoms with Crippen molar-refractivity contribution < 1.29 is 9.90 Å². The van der Waals surface area contributed by atoms with E-state index in [2.05, 4.69) is 68.4 Å². The summed E-state index contributed by atoms with van der Waals surface area (Å²) in [4.78, 5) is 11.2. The lowest BCUT2D eigenvalue weighted by molar-refractivity contribution is -0.136. The van der Waals surface area contributed by atoms with Gasteiger partial charge in [0.05, 0.1) is 6.42 Å². The summed E-state index contributed by atoms with van der Waals surface area (Å²) in [5.41, 5.74) is 7.52. The Morgan fingerprint density at radius 2 is 1.12 bits per heavy atom. The highest BCUT2D eigenvalue weighted by Crippen LogP contribution is 2.29. The van der Waals surface area contributed by atoms with E-state index in [1.165, 1.54) is 11.1 Å². The van der Waals surface area contributed by atoms with Crippen molar-refractivity contribution in [3.8, 4) is 22.3 Å². The van der Waals surface area contributed by atoms with Gasteiger partial charge in [0, 0.05) is 0 Å². The SMILES string of the molecule is Cc1ccc(-c2cc(CC(=O)O)cc(-c3ccc(C)cc3)c2)cc1. The lowest BCUT2D eigenvalue weighted by atomic mass is 9.94. The lowest BCUT2D eigenvalue weighted by Gasteiger charge is -2.10. The quantitative estimate of drug-likeness (QED) is 0.712. The van der Waals surface area contributed by atoms with E-state index in [0.717, 1.165) is 27.8 Å². The third kappa shape index (κ3) is 3.72. The van der Waals surface area contributed by atoms with Gasteiger partial charge in [-0.15, -0.1) is 0 Å². The largest absolute Gasteiger partial charge is 0.481 e. The summed E-state index contributed by atoms with van der Waals surface area (Å²) in [7, 11) is 0. The molecule has 120 valence electrons. The fraction of sp³-hybridized carbons (Fsp3) is 0.136. The van der Waals surface area contributed by atoms with Gasteiger partial charge in [-0.3, -0.25) is 4.79 Å². The number of aliphatic carboxylic acids is 1. The van der Waals surface area contributed by atoms with Crippen molar-refractivity contribution in [3.05, 3.63) is 83.4 Å². The summed E-state index contributed by atoms with van der Waals surface area (Å²) in [6.07, 6.45) is 0.0264. The zero-order valence-corrected chi connectivity index (χ0v) is 13.9. The van der Waals surface area contributed by atoms with Crippen molar-refractivity contribution in [3.63, 3.8) is 0 Å². The molecule has 0 saturated carbocycles. The second-order valence-electron chi connectivity index (χ2n) is 6.22. The van der Waals surface area contributed by atoms with E-state index in [4.69, 9.17) is 5.11 Å². The molecule has 24 heavy (non-hydrogen) atoms. The van der Waals surface area contributed by atoms with Crippen LogP contribution in [0.15, 0.2) is 66.7 Å². The molecule has 0 aliphatic carbocycles. The molecule has 2 heteroatoms. The first kappa shape index (κ1) is 16.0. The highest BCUT2D eigenvalue weighted by atomic mass is 16.4. The fourth-order valence-electron chi connectivity index (χ4n) is 2.79. The standard InChI is InChI=1S/C22H20O2/c1-15-3-7-18(8-4-15)20-11-17(13-22(23)24)12-21(14-20)19-9-5-16(2)6-10-19/h3-12,14H,13H2,1-2H3,(H,23,24). The van der Waals surface area contributed by atoms with E-state index in [1.54, 1.807) is 0 Å². The molecule has 0 saturated heterocycles. The Balaban J connectivity index is 2.11. The molecule has 2 nitrogen and oxygen atoms in total. The minimum atomic E-state index is -0.814. The van der Waals surface area contributed by atoms with E-state index in [-0.39, 0.29) is 6.42 Å². The van der Waals surface area contributed by atoms with E-state index >= 15 is 0 Å². The maximum atomic E-state index is 11.2. The number of carboxylic acid groups (broad SMARTS) is 1. The summed E-state index contributed by atoms with van der Waals surface area (Å²) in [6, 6.07) is 22.7. The van der Waals surface area contributed by atoms with Gasteiger partial charge in [-0.2, -0.15) is 0 Å². The molecule has 0 bridgehead atoms. The summed E-state index contributed by atoms with van der Waals surface area (Å²) < 4.78 is 0. The molecule has 0 aliphatic rings. The number of carboxylic acids is 1. The zero-order chi connectivity index (χ0) is 17.1. The van der Waals surface area contributed by atoms with Gasteiger partial charge in [0.2, 0.25) is 0 Å². The molecule has 0 fully saturated rings. The van der Waals surface area contributed by atoms with E-state index in [9.17, 15) is 4.79 Å². The maximum absolute atomic E-state index is 11.2. The van der Waals surface area contributed by atoms with Crippen molar-refractivity contribution in [2.24, 2.45) is 0 Å². The normalized spacial score (nSPS) is 10.6. The summed E-state index contributed by atoms with van der Waals surface area (Å²) in [5, 5.41) is 9.16. The second-order valence-corrected chi connectivity index (χ2v) is 6.22. The van der Waals surface area contributed by atoms with Gasteiger partial charge in [-0.25, -0.2) is 0 Å². The topological polar surface area (TPSA) is 37.3 Å². The van der Waals surface area contributed by atoms with Crippen LogP contribution in [0.4, 0.5) is 0 Å². The van der Waals surface area contributed by atoms with Gasteiger partial charge >= 0.3 is 5.97 Å². The van der Waals surface area contributed by atoms with Crippen LogP contribution in [0.3, 0.4) is 0 Å². The van der Waals surface area contributed by atoms with Crippen LogP contribution in [0.5, 0.6) is 0 Å². The molecular formula is C22H20O2. The van der Waals surface area contributed by atoms with E-state index < -0.39 is 5.97 Å². The molecule has 3 aromatic carbocycles. The van der Waals surface area contributed by atoms with Gasteiger partial charge in [0.25, 0.3) is 0 Å². The van der Waals surface area contributed by atoms with Crippen molar-refractivity contribution >= 4 is 5.97 Å². The molecular weight excluding hydrogens is 296 g/mol. The van der Waals surface area contributed by atoms with Crippen LogP contribution in [-0.2, 0) is 11.2 Å². The molecule has 3 rings (SSSR count). The smallest absolute Gasteiger partial charge is 0.307 e. The summed E-state index contributed by atoms with van der Waals surface area (Å²) in [6.45, 7) is 4.12. The minimum absolute atomic E-state index is 0.0264. The van der Waals surface area contributed by atoms with Gasteiger partial charge in [0.1, 0.15) is 0 Å². The third-order valence-corrected chi connectivity index (χ3v) is 4.12. The van der Waals surface area contributed by atoms with Crippen molar-refractivity contribution in [1.29, 1.82) is 0 Å². The molecule has 0 aliphatic heterocycles. The van der Waals surface area contributed by atoms with Crippen LogP contribution in [0.25, 0.3) is 22.3 Å². The first-order chi connectivity index (χ1) is 11.5. The van der Waals surface area contributed by atoms with Crippen molar-refractivity contribution in [2.45, 2.75) is 20.3 Å². The molecule has 0 atom stereocenters. The van der Waals surface area contributed by atoms with Crippen LogP contribution in [0.2, 0.25) is 0 Å². The molecule has 0 heterocycles. The van der Waals surface area contributed by atoms with Crippen LogP contribution in [0, 0.1) is 13.8 Å². The van der Waals surface area contributed by atoms with Crippen LogP contribution in [-0.4, -0.2) is 11.1 Å². The Morgan fingerprint density at radius 1 is 0.708 bits per heavy atom. The van der Waals surface area contributed by atoms with Crippen LogP contribution >= 0.6 is 0 Å². The molecule has 0 spiro atoms. The van der Waals surface area contributed by atoms with Crippen molar-refractivity contribution in [2.75, 3.05) is 0 Å². The van der Waals surface area contributed by atoms with E-state index in [1.807, 2.05) is 12.1 Å². The van der Waals surface area contributed by atoms with Crippen molar-refractivity contribution in [1.82, 2.24) is 0 Å². The molecule has 1 N–H and O–H groups in total. The molecule has 0 aromatic heterocycles. The van der Waals surface area contributed by atoms with Crippen LogP contribution in [0.1, 0.15) is 16.7 Å². The Kier molecular flexibility index (Phi) is 4.48. The highest BCUT2D eigenvalue weighted by molar-refractivity contribution is 5.77. The average molecular weight is 316 g/mol. The Morgan fingerprint density at radius 3 is 1.50 bits per heavy atom. The number of benzene rings is 3. The van der Waals surface area contributed by atoms with Gasteiger partial charge < -0.3 is 5.11 Å². The van der Waals surface area contributed by atoms with E-state index in [0.29, 0.717) is 0 Å². The minimum Gasteiger partial charge on any atom is -0.481 e. The Labute approximate surface area is 142 Å². The van der Waals surface area contributed by atoms with Gasteiger partial charge in [-0.05, 0) is 47.7 Å². The third-order valence-electron chi connectivity index (χ3n) is 4.12. The average Bonchev–Trinajstić information content (AvgIpc) is 2.55. The number of rotatable bonds is 4. The summed E-state index contributed by atoms with van der Waals surface area (Å²) in [5.74, 6) is -0.814. The number of carbonyl (C=O) groups is 1. The van der Waals surface area contributed by atoms with Gasteiger partial charge in [0.15, 0.2) is 0 Å². The van der Waals surface area contributed by atoms with Gasteiger partial charge in [-0.1, -0.05) is 71.8 Å². The predicted molar refractivity (Wildman–Crippen MR) is 98.1 cm³/mol. The molecule has 0 unspecified atom stereocenters. The highest BCUT2D eigenvalue weighted by Gasteiger charge is 2.08. The number of aryl methyl sites for hydroxylation is 2. The zero-order valence-electron chi connectivity index (χ0n) is 13.9. The molecule has 3 aromatic rings. The molecule has 0 amide bonds. The molecule has 0 radical (unpaired) electrons. The lowest BCUT2D eigenvalue weighted by Crippen LogP contribution is -2.00. The second kappa shape index (κ2) is 6.71. The Hall–Kier alpha value is -2.87. The summed E-state index contributed by atoms with van der Waals surface area (Å²) >= 11 is 0. The predicted octanol–water partition coefficient (Wildman–Crippen LogP) is 5.26. The Bertz CT molecular complexity index is 796. The van der Waals surface area contributed by atoms with Crippen LogP contribution < -0.4 is 0 Å². The fourth-order valence-corrected chi connectivity index (χ4v) is 2.79. The first-order valence-electron chi connectivity index (χ1n) is 8.01.